The first-order valence-corrected chi connectivity index (χ1v) is 11.7. The number of para-hydroxylation sites is 1. The van der Waals surface area contributed by atoms with Crippen molar-refractivity contribution in [2.45, 2.75) is 18.3 Å². The summed E-state index contributed by atoms with van der Waals surface area (Å²) in [6.45, 7) is 1.69. The van der Waals surface area contributed by atoms with Gasteiger partial charge in [0.25, 0.3) is 15.9 Å². The van der Waals surface area contributed by atoms with Crippen molar-refractivity contribution in [3.05, 3.63) is 65.7 Å². The Labute approximate surface area is 183 Å². The van der Waals surface area contributed by atoms with E-state index in [1.165, 1.54) is 6.34 Å². The summed E-state index contributed by atoms with van der Waals surface area (Å²) < 4.78 is 32.0. The van der Waals surface area contributed by atoms with Crippen molar-refractivity contribution >= 4 is 22.3 Å². The summed E-state index contributed by atoms with van der Waals surface area (Å²) in [5.41, 5.74) is 6.57. The zero-order chi connectivity index (χ0) is 22.3. The summed E-state index contributed by atoms with van der Waals surface area (Å²) in [5, 5.41) is 3.08. The van der Waals surface area contributed by atoms with Gasteiger partial charge in [0.1, 0.15) is 18.0 Å². The minimum absolute atomic E-state index is 0.189. The zero-order valence-corrected chi connectivity index (χ0v) is 18.3. The van der Waals surface area contributed by atoms with E-state index in [0.717, 1.165) is 18.4 Å². The van der Waals surface area contributed by atoms with Crippen LogP contribution in [0, 0.1) is 0 Å². The van der Waals surface area contributed by atoms with Crippen LogP contribution in [0.2, 0.25) is 0 Å². The van der Waals surface area contributed by atoms with E-state index in [9.17, 15) is 13.2 Å². The number of amides is 1. The van der Waals surface area contributed by atoms with Crippen LogP contribution < -0.4 is 15.8 Å². The van der Waals surface area contributed by atoms with Gasteiger partial charge in [-0.3, -0.25) is 4.79 Å². The fraction of sp³-hybridized carbons (Fsp3) is 0.364. The minimum Gasteiger partial charge on any atom is -0.496 e. The Balaban J connectivity index is 1.75. The first-order valence-electron chi connectivity index (χ1n) is 10.1. The highest BCUT2D eigenvalue weighted by Crippen LogP contribution is 2.35. The number of nitrogens with zero attached hydrogens (tertiary/aromatic N) is 2. The van der Waals surface area contributed by atoms with Crippen molar-refractivity contribution in [2.24, 2.45) is 10.1 Å². The molecule has 3 rings (SSSR count). The molecule has 1 aliphatic rings. The topological polar surface area (TPSA) is 114 Å². The lowest BCUT2D eigenvalue weighted by atomic mass is 9.72. The van der Waals surface area contributed by atoms with Crippen LogP contribution in [0.5, 0.6) is 5.75 Å². The maximum Gasteiger partial charge on any atom is 0.267 e. The lowest BCUT2D eigenvalue weighted by Gasteiger charge is -2.42. The van der Waals surface area contributed by atoms with Crippen LogP contribution in [0.3, 0.4) is 0 Å². The molecular formula is C22H28N4O4S. The standard InChI is InChI=1S/C22H28N4O4S/c1-30-20-10-6-5-9-19(20)21(27)24-15-22(18-7-3-2-4-8-18)11-13-26(14-12-22)17-25-31(28,29)16-23/h2-10,17H,11-16,23H2,1H3,(H,24,27). The quantitative estimate of drug-likeness (QED) is 0.473. The van der Waals surface area contributed by atoms with Gasteiger partial charge in [-0.15, -0.1) is 0 Å². The largest absolute Gasteiger partial charge is 0.496 e. The van der Waals surface area contributed by atoms with E-state index < -0.39 is 15.9 Å². The van der Waals surface area contributed by atoms with E-state index >= 15 is 0 Å². The molecule has 0 aromatic heterocycles. The molecule has 0 unspecified atom stereocenters. The maximum absolute atomic E-state index is 12.8. The Morgan fingerprint density at radius 1 is 1.16 bits per heavy atom. The number of nitrogens with one attached hydrogen (secondary N) is 1. The number of rotatable bonds is 8. The van der Waals surface area contributed by atoms with Crippen molar-refractivity contribution < 1.29 is 17.9 Å². The summed E-state index contributed by atoms with van der Waals surface area (Å²) in [5.74, 6) is -0.174. The Morgan fingerprint density at radius 3 is 2.45 bits per heavy atom. The lowest BCUT2D eigenvalue weighted by Crippen LogP contribution is -2.48. The highest BCUT2D eigenvalue weighted by atomic mass is 32.2. The molecule has 0 spiro atoms. The van der Waals surface area contributed by atoms with Crippen LogP contribution in [0.4, 0.5) is 0 Å². The molecule has 1 amide bonds. The number of sulfonamides is 1. The molecule has 1 saturated heterocycles. The van der Waals surface area contributed by atoms with Gasteiger partial charge in [0.05, 0.1) is 12.7 Å². The Bertz CT molecular complexity index is 1020. The van der Waals surface area contributed by atoms with Gasteiger partial charge < -0.3 is 20.7 Å². The van der Waals surface area contributed by atoms with Crippen LogP contribution in [0.15, 0.2) is 59.0 Å². The number of hydrogen-bond acceptors (Lipinski definition) is 5. The first-order chi connectivity index (χ1) is 14.9. The van der Waals surface area contributed by atoms with Crippen molar-refractivity contribution in [1.82, 2.24) is 10.2 Å². The molecule has 0 bridgehead atoms. The molecule has 1 fully saturated rings. The van der Waals surface area contributed by atoms with Crippen molar-refractivity contribution in [1.29, 1.82) is 0 Å². The van der Waals surface area contributed by atoms with Gasteiger partial charge in [-0.25, -0.2) is 8.42 Å². The monoisotopic (exact) mass is 444 g/mol. The summed E-state index contributed by atoms with van der Waals surface area (Å²) in [6.07, 6.45) is 2.82. The van der Waals surface area contributed by atoms with Crippen LogP contribution in [0.1, 0.15) is 28.8 Å². The van der Waals surface area contributed by atoms with E-state index in [2.05, 4.69) is 21.8 Å². The lowest BCUT2D eigenvalue weighted by molar-refractivity contribution is 0.0929. The van der Waals surface area contributed by atoms with Crippen molar-refractivity contribution in [2.75, 3.05) is 32.6 Å². The number of carbonyl (C=O) groups is 1. The zero-order valence-electron chi connectivity index (χ0n) is 17.5. The van der Waals surface area contributed by atoms with Crippen LogP contribution in [0.25, 0.3) is 0 Å². The van der Waals surface area contributed by atoms with Crippen LogP contribution >= 0.6 is 0 Å². The van der Waals surface area contributed by atoms with Crippen LogP contribution in [-0.4, -0.2) is 58.2 Å². The smallest absolute Gasteiger partial charge is 0.267 e. The molecule has 3 N–H and O–H groups in total. The third kappa shape index (κ3) is 5.62. The molecule has 0 aliphatic carbocycles. The number of carbonyl (C=O) groups excluding carboxylic acids is 1. The molecule has 0 atom stereocenters. The normalized spacial score (nSPS) is 16.3. The Morgan fingerprint density at radius 2 is 1.81 bits per heavy atom. The van der Waals surface area contributed by atoms with E-state index in [4.69, 9.17) is 10.5 Å². The van der Waals surface area contributed by atoms with Gasteiger partial charge in [0.15, 0.2) is 0 Å². The number of ether oxygens (including phenoxy) is 1. The van der Waals surface area contributed by atoms with E-state index in [1.807, 2.05) is 29.2 Å². The maximum atomic E-state index is 12.8. The Kier molecular flexibility index (Phi) is 7.29. The SMILES string of the molecule is COc1ccccc1C(=O)NCC1(c2ccccc2)CCN(C=NS(=O)(=O)CN)CC1. The van der Waals surface area contributed by atoms with Gasteiger partial charge in [-0.1, -0.05) is 42.5 Å². The molecular weight excluding hydrogens is 416 g/mol. The van der Waals surface area contributed by atoms with Gasteiger partial charge >= 0.3 is 0 Å². The van der Waals surface area contributed by atoms with Crippen molar-refractivity contribution in [3.63, 3.8) is 0 Å². The Hall–Kier alpha value is -2.91. The number of piperidine rings is 1. The van der Waals surface area contributed by atoms with Gasteiger partial charge in [0, 0.05) is 25.0 Å². The third-order valence-corrected chi connectivity index (χ3v) is 6.50. The molecule has 31 heavy (non-hydrogen) atoms. The average molecular weight is 445 g/mol. The number of nitrogens with two attached hydrogens (primary N) is 1. The predicted octanol–water partition coefficient (Wildman–Crippen LogP) is 1.73. The fourth-order valence-corrected chi connectivity index (χ4v) is 4.15. The molecule has 8 nitrogen and oxygen atoms in total. The highest BCUT2D eigenvalue weighted by Gasteiger charge is 2.36. The summed E-state index contributed by atoms with van der Waals surface area (Å²) >= 11 is 0. The molecule has 166 valence electrons. The number of likely N-dealkylation sites (tertiary alicyclic amines) is 1. The van der Waals surface area contributed by atoms with E-state index in [-0.39, 0.29) is 11.3 Å². The second kappa shape index (κ2) is 9.93. The van der Waals surface area contributed by atoms with E-state index in [0.29, 0.717) is 30.9 Å². The number of benzene rings is 2. The summed E-state index contributed by atoms with van der Waals surface area (Å²) in [6, 6.07) is 17.2. The van der Waals surface area contributed by atoms with Gasteiger partial charge in [-0.2, -0.15) is 4.40 Å². The summed E-state index contributed by atoms with van der Waals surface area (Å²) in [7, 11) is -2.08. The minimum atomic E-state index is -3.62. The third-order valence-electron chi connectivity index (χ3n) is 5.66. The molecule has 2 aromatic rings. The van der Waals surface area contributed by atoms with Gasteiger partial charge in [0.2, 0.25) is 0 Å². The second-order valence-corrected chi connectivity index (χ2v) is 9.24. The first kappa shape index (κ1) is 22.8. The summed E-state index contributed by atoms with van der Waals surface area (Å²) in [4.78, 5) is 14.7. The average Bonchev–Trinajstić information content (AvgIpc) is 2.82. The van der Waals surface area contributed by atoms with E-state index in [1.54, 1.807) is 25.3 Å². The molecule has 1 aliphatic heterocycles. The molecule has 0 saturated carbocycles. The fourth-order valence-electron chi connectivity index (χ4n) is 3.79. The molecule has 1 heterocycles. The highest BCUT2D eigenvalue weighted by molar-refractivity contribution is 7.90. The molecule has 9 heteroatoms. The van der Waals surface area contributed by atoms with Crippen LogP contribution in [-0.2, 0) is 15.4 Å². The number of hydrogen-bond donors (Lipinski definition) is 2. The molecule has 2 aromatic carbocycles. The second-order valence-electron chi connectivity index (χ2n) is 7.53. The van der Waals surface area contributed by atoms with Gasteiger partial charge in [-0.05, 0) is 30.5 Å². The number of methoxy groups -OCH3 is 1. The predicted molar refractivity (Wildman–Crippen MR) is 121 cm³/mol. The molecule has 0 radical (unpaired) electrons. The van der Waals surface area contributed by atoms with Crippen molar-refractivity contribution in [3.8, 4) is 5.75 Å².